The second-order valence-electron chi connectivity index (χ2n) is 4.84. The minimum atomic E-state index is -4.63. The molecule has 0 spiro atoms. The van der Waals surface area contributed by atoms with Gasteiger partial charge in [0.05, 0.1) is 17.0 Å². The molecule has 0 aliphatic heterocycles. The van der Waals surface area contributed by atoms with Gasteiger partial charge in [0.25, 0.3) is 0 Å². The number of alkyl halides is 3. The molecule has 0 amide bonds. The van der Waals surface area contributed by atoms with Crippen molar-refractivity contribution in [1.29, 1.82) is 0 Å². The van der Waals surface area contributed by atoms with E-state index < -0.39 is 27.5 Å². The van der Waals surface area contributed by atoms with E-state index in [0.29, 0.717) is 6.04 Å². The summed E-state index contributed by atoms with van der Waals surface area (Å²) in [4.78, 5) is 0. The summed E-state index contributed by atoms with van der Waals surface area (Å²) in [5.41, 5.74) is -1.48. The Morgan fingerprint density at radius 1 is 1.29 bits per heavy atom. The first-order valence-electron chi connectivity index (χ1n) is 6.28. The van der Waals surface area contributed by atoms with Gasteiger partial charge < -0.3 is 5.32 Å². The van der Waals surface area contributed by atoms with Crippen LogP contribution in [0.5, 0.6) is 0 Å². The van der Waals surface area contributed by atoms with E-state index in [2.05, 4.69) is 21.2 Å². The summed E-state index contributed by atoms with van der Waals surface area (Å²) in [6.07, 6.45) is -2.61. The van der Waals surface area contributed by atoms with E-state index >= 15 is 0 Å². The molecule has 118 valence electrons. The summed E-state index contributed by atoms with van der Waals surface area (Å²) in [6, 6.07) is 3.65. The number of benzene rings is 1. The van der Waals surface area contributed by atoms with Crippen molar-refractivity contribution in [2.24, 2.45) is 0 Å². The third-order valence-corrected chi connectivity index (χ3v) is 4.70. The predicted octanol–water partition coefficient (Wildman–Crippen LogP) is 2.96. The van der Waals surface area contributed by atoms with Crippen molar-refractivity contribution >= 4 is 31.6 Å². The Kier molecular flexibility index (Phi) is 4.84. The van der Waals surface area contributed by atoms with E-state index in [4.69, 9.17) is 0 Å². The van der Waals surface area contributed by atoms with Crippen LogP contribution in [0.3, 0.4) is 0 Å². The lowest BCUT2D eigenvalue weighted by Gasteiger charge is -2.15. The lowest BCUT2D eigenvalue weighted by molar-refractivity contribution is -0.136. The summed E-state index contributed by atoms with van der Waals surface area (Å²) >= 11 is 2.95. The van der Waals surface area contributed by atoms with Gasteiger partial charge in [-0.2, -0.15) is 13.2 Å². The molecule has 1 fully saturated rings. The molecule has 9 heteroatoms. The average molecular weight is 387 g/mol. The summed E-state index contributed by atoms with van der Waals surface area (Å²) in [6.45, 7) is 0.220. The molecule has 4 nitrogen and oxygen atoms in total. The molecule has 1 aromatic carbocycles. The number of sulfonamides is 1. The fourth-order valence-electron chi connectivity index (χ4n) is 1.74. The second-order valence-corrected chi connectivity index (χ2v) is 7.59. The lowest BCUT2D eigenvalue weighted by Crippen LogP contribution is -2.28. The fraction of sp³-hybridized carbons (Fsp3) is 0.500. The molecule has 0 radical (unpaired) electrons. The minimum absolute atomic E-state index is 0.220. The van der Waals surface area contributed by atoms with E-state index in [1.807, 2.05) is 4.72 Å². The van der Waals surface area contributed by atoms with Gasteiger partial charge in [0.1, 0.15) is 0 Å². The van der Waals surface area contributed by atoms with Crippen LogP contribution >= 0.6 is 15.9 Å². The van der Waals surface area contributed by atoms with Crippen LogP contribution in [0.2, 0.25) is 0 Å². The van der Waals surface area contributed by atoms with Crippen LogP contribution in [0.4, 0.5) is 18.9 Å². The standard InChI is InChI=1S/C12H14BrF3N2O2S/c13-8-1-4-11(10(7-8)12(14,15)16)18-21(19,20)6-5-17-9-2-3-9/h1,4,7,9,17-18H,2-3,5-6H2. The molecule has 0 bridgehead atoms. The number of nitrogens with one attached hydrogen (secondary N) is 2. The molecule has 0 aromatic heterocycles. The predicted molar refractivity (Wildman–Crippen MR) is 77.6 cm³/mol. The van der Waals surface area contributed by atoms with Crippen molar-refractivity contribution in [1.82, 2.24) is 5.32 Å². The Morgan fingerprint density at radius 2 is 1.95 bits per heavy atom. The zero-order chi connectivity index (χ0) is 15.7. The molecule has 1 aromatic rings. The highest BCUT2D eigenvalue weighted by atomic mass is 79.9. The highest BCUT2D eigenvalue weighted by Crippen LogP contribution is 2.36. The number of hydrogen-bond acceptors (Lipinski definition) is 3. The summed E-state index contributed by atoms with van der Waals surface area (Å²) in [5, 5.41) is 3.00. The van der Waals surface area contributed by atoms with Crippen molar-refractivity contribution < 1.29 is 21.6 Å². The van der Waals surface area contributed by atoms with Gasteiger partial charge in [-0.3, -0.25) is 4.72 Å². The van der Waals surface area contributed by atoms with E-state index in [0.717, 1.165) is 25.0 Å². The summed E-state index contributed by atoms with van der Waals surface area (Å²) in [5.74, 6) is -0.267. The van der Waals surface area contributed by atoms with Crippen LogP contribution in [0, 0.1) is 0 Å². The largest absolute Gasteiger partial charge is 0.418 e. The molecule has 1 aliphatic carbocycles. The van der Waals surface area contributed by atoms with Crippen molar-refractivity contribution in [2.45, 2.75) is 25.1 Å². The zero-order valence-corrected chi connectivity index (χ0v) is 13.3. The number of halogens is 4. The molecule has 1 aliphatic rings. The van der Waals surface area contributed by atoms with Crippen LogP contribution in [0.1, 0.15) is 18.4 Å². The van der Waals surface area contributed by atoms with Gasteiger partial charge >= 0.3 is 6.18 Å². The molecule has 21 heavy (non-hydrogen) atoms. The molecular formula is C12H14BrF3N2O2S. The van der Waals surface area contributed by atoms with Gasteiger partial charge in [0, 0.05) is 17.1 Å². The van der Waals surface area contributed by atoms with Crippen LogP contribution in [-0.2, 0) is 16.2 Å². The topological polar surface area (TPSA) is 58.2 Å². The maximum Gasteiger partial charge on any atom is 0.418 e. The molecule has 0 unspecified atom stereocenters. The van der Waals surface area contributed by atoms with Crippen molar-refractivity contribution in [2.75, 3.05) is 17.0 Å². The third-order valence-electron chi connectivity index (χ3n) is 2.93. The zero-order valence-electron chi connectivity index (χ0n) is 10.9. The van der Waals surface area contributed by atoms with Gasteiger partial charge in [-0.05, 0) is 31.0 Å². The monoisotopic (exact) mass is 386 g/mol. The smallest absolute Gasteiger partial charge is 0.313 e. The van der Waals surface area contributed by atoms with Gasteiger partial charge in [0.15, 0.2) is 0 Å². The molecular weight excluding hydrogens is 373 g/mol. The Bertz CT molecular complexity index is 615. The lowest BCUT2D eigenvalue weighted by atomic mass is 10.2. The third kappa shape index (κ3) is 5.15. The van der Waals surface area contributed by atoms with Crippen molar-refractivity contribution in [3.05, 3.63) is 28.2 Å². The minimum Gasteiger partial charge on any atom is -0.313 e. The van der Waals surface area contributed by atoms with E-state index in [9.17, 15) is 21.6 Å². The quantitative estimate of drug-likeness (QED) is 0.789. The Morgan fingerprint density at radius 3 is 2.52 bits per heavy atom. The Balaban J connectivity index is 2.10. The molecule has 0 heterocycles. The van der Waals surface area contributed by atoms with Gasteiger partial charge in [-0.15, -0.1) is 0 Å². The molecule has 0 atom stereocenters. The van der Waals surface area contributed by atoms with Crippen LogP contribution in [-0.4, -0.2) is 26.8 Å². The van der Waals surface area contributed by atoms with Crippen molar-refractivity contribution in [3.8, 4) is 0 Å². The first-order valence-corrected chi connectivity index (χ1v) is 8.72. The first kappa shape index (κ1) is 16.6. The highest BCUT2D eigenvalue weighted by molar-refractivity contribution is 9.10. The van der Waals surface area contributed by atoms with E-state index in [1.165, 1.54) is 6.07 Å². The van der Waals surface area contributed by atoms with Crippen LogP contribution < -0.4 is 10.0 Å². The average Bonchev–Trinajstić information content (AvgIpc) is 3.13. The first-order chi connectivity index (χ1) is 9.67. The molecule has 2 N–H and O–H groups in total. The number of hydrogen-bond donors (Lipinski definition) is 2. The van der Waals surface area contributed by atoms with E-state index in [-0.39, 0.29) is 16.8 Å². The Hall–Kier alpha value is -0.800. The van der Waals surface area contributed by atoms with Gasteiger partial charge in [0.2, 0.25) is 10.0 Å². The highest BCUT2D eigenvalue weighted by Gasteiger charge is 2.34. The SMILES string of the molecule is O=S(=O)(CCNC1CC1)Nc1ccc(Br)cc1C(F)(F)F. The second kappa shape index (κ2) is 6.13. The van der Waals surface area contributed by atoms with Crippen molar-refractivity contribution in [3.63, 3.8) is 0 Å². The maximum absolute atomic E-state index is 12.9. The molecule has 1 saturated carbocycles. The fourth-order valence-corrected chi connectivity index (χ4v) is 3.11. The van der Waals surface area contributed by atoms with Crippen LogP contribution in [0.15, 0.2) is 22.7 Å². The van der Waals surface area contributed by atoms with Crippen LogP contribution in [0.25, 0.3) is 0 Å². The molecule has 2 rings (SSSR count). The summed E-state index contributed by atoms with van der Waals surface area (Å²) < 4.78 is 64.6. The summed E-state index contributed by atoms with van der Waals surface area (Å²) in [7, 11) is -3.83. The number of rotatable bonds is 6. The number of anilines is 1. The maximum atomic E-state index is 12.9. The van der Waals surface area contributed by atoms with E-state index in [1.54, 1.807) is 0 Å². The van der Waals surface area contributed by atoms with Gasteiger partial charge in [-0.1, -0.05) is 15.9 Å². The Labute approximate surface area is 129 Å². The normalized spacial score (nSPS) is 16.0. The van der Waals surface area contributed by atoms with Gasteiger partial charge in [-0.25, -0.2) is 8.42 Å². The molecule has 0 saturated heterocycles.